The van der Waals surface area contributed by atoms with E-state index in [1.165, 1.54) is 9.21 Å². The quantitative estimate of drug-likeness (QED) is 0.488. The highest BCUT2D eigenvalue weighted by atomic mass is 127. The van der Waals surface area contributed by atoms with E-state index in [1.54, 1.807) is 6.07 Å². The highest BCUT2D eigenvalue weighted by Crippen LogP contribution is 2.29. The minimum absolute atomic E-state index is 0.334. The van der Waals surface area contributed by atoms with E-state index >= 15 is 0 Å². The van der Waals surface area contributed by atoms with Crippen LogP contribution in [0.2, 0.25) is 0 Å². The van der Waals surface area contributed by atoms with Crippen LogP contribution in [0.3, 0.4) is 0 Å². The van der Waals surface area contributed by atoms with Crippen molar-refractivity contribution in [3.8, 4) is 11.8 Å². The molecule has 0 amide bonds. The normalized spacial score (nSPS) is 16.8. The Balaban J connectivity index is 2.22. The summed E-state index contributed by atoms with van der Waals surface area (Å²) in [6, 6.07) is 1.81. The van der Waals surface area contributed by atoms with Gasteiger partial charge in [0.1, 0.15) is 0 Å². The van der Waals surface area contributed by atoms with Gasteiger partial charge in [-0.1, -0.05) is 11.8 Å². The topological polar surface area (TPSA) is 70.3 Å². The molecule has 2 heterocycles. The number of nitrogens with zero attached hydrogens (tertiary/aromatic N) is 2. The van der Waals surface area contributed by atoms with Crippen LogP contribution in [0.4, 0.5) is 5.82 Å². The molecular weight excluding hydrogens is 353 g/mol. The van der Waals surface area contributed by atoms with E-state index in [0.29, 0.717) is 24.6 Å². The second-order valence-electron chi connectivity index (χ2n) is 3.67. The number of nitrogens with two attached hydrogens (primary N) is 1. The van der Waals surface area contributed by atoms with Crippen LogP contribution in [0, 0.1) is 18.8 Å². The molecule has 1 aliphatic heterocycles. The van der Waals surface area contributed by atoms with Gasteiger partial charge in [-0.2, -0.15) is 5.10 Å². The Morgan fingerprint density at radius 1 is 1.59 bits per heavy atom. The Morgan fingerprint density at radius 2 is 2.35 bits per heavy atom. The summed E-state index contributed by atoms with van der Waals surface area (Å²) in [4.78, 5) is 0. The van der Waals surface area contributed by atoms with E-state index in [9.17, 15) is 0 Å². The van der Waals surface area contributed by atoms with E-state index in [-0.39, 0.29) is 0 Å². The summed E-state index contributed by atoms with van der Waals surface area (Å²) in [7, 11) is 1.26. The molecule has 1 saturated heterocycles. The Hall–Kier alpha value is -0.560. The van der Waals surface area contributed by atoms with Gasteiger partial charge in [0, 0.05) is 21.2 Å². The second-order valence-corrected chi connectivity index (χ2v) is 5.04. The summed E-state index contributed by atoms with van der Waals surface area (Å²) in [5.41, 5.74) is 6.63. The van der Waals surface area contributed by atoms with E-state index < -0.39 is 5.60 Å². The van der Waals surface area contributed by atoms with Crippen LogP contribution in [0.5, 0.6) is 0 Å². The molecular formula is C10H10IN3O2S. The predicted molar refractivity (Wildman–Crippen MR) is 74.3 cm³/mol. The average molecular weight is 363 g/mol. The summed E-state index contributed by atoms with van der Waals surface area (Å²) in [6.45, 7) is 2.80. The number of nitrogen functional groups attached to an aromatic ring is 1. The fourth-order valence-corrected chi connectivity index (χ4v) is 2.56. The number of hydrogen-bond donors (Lipinski definition) is 1. The van der Waals surface area contributed by atoms with Gasteiger partial charge in [0.25, 0.3) is 0 Å². The second kappa shape index (κ2) is 5.39. The molecule has 0 saturated carbocycles. The van der Waals surface area contributed by atoms with E-state index in [0.717, 1.165) is 5.69 Å². The molecule has 1 aromatic heterocycles. The third-order valence-corrected chi connectivity index (χ3v) is 3.15. The van der Waals surface area contributed by atoms with Gasteiger partial charge in [-0.05, 0) is 13.0 Å². The monoisotopic (exact) mass is 363 g/mol. The number of ether oxygens (including phenoxy) is 1. The zero-order valence-corrected chi connectivity index (χ0v) is 12.0. The highest BCUT2D eigenvalue weighted by molar-refractivity contribution is 14.2. The average Bonchev–Trinajstić information content (AvgIpc) is 2.26. The molecule has 1 aromatic rings. The molecule has 0 atom stereocenters. The first kappa shape index (κ1) is 12.9. The van der Waals surface area contributed by atoms with Crippen molar-refractivity contribution in [2.75, 3.05) is 18.9 Å². The molecule has 2 rings (SSSR count). The summed E-state index contributed by atoms with van der Waals surface area (Å²) in [5.74, 6) is 6.36. The zero-order chi connectivity index (χ0) is 12.3. The van der Waals surface area contributed by atoms with E-state index in [4.69, 9.17) is 14.7 Å². The van der Waals surface area contributed by atoms with E-state index in [1.807, 2.05) is 6.92 Å². The number of aromatic nitrogens is 2. The molecule has 0 bridgehead atoms. The SMILES string of the molecule is Cc1cc(C#CC2(OSI)COC2)c(N)nn1. The third kappa shape index (κ3) is 3.01. The Bertz CT molecular complexity index is 482. The van der Waals surface area contributed by atoms with Crippen molar-refractivity contribution >= 4 is 36.2 Å². The number of halogens is 1. The molecule has 1 aliphatic rings. The fourth-order valence-electron chi connectivity index (χ4n) is 1.27. The standard InChI is InChI=1S/C10H10IN3O2S/c1-7-4-8(9(12)14-13-7)2-3-10(16-17-11)5-15-6-10/h4H,5-6H2,1H3,(H2,12,14). The van der Waals surface area contributed by atoms with Gasteiger partial charge in [0.2, 0.25) is 0 Å². The van der Waals surface area contributed by atoms with Gasteiger partial charge >= 0.3 is 0 Å². The predicted octanol–water partition coefficient (Wildman–Crippen LogP) is 1.50. The molecule has 0 aliphatic carbocycles. The van der Waals surface area contributed by atoms with Gasteiger partial charge in [-0.25, -0.2) is 0 Å². The van der Waals surface area contributed by atoms with Crippen LogP contribution in [0.25, 0.3) is 0 Å². The van der Waals surface area contributed by atoms with Crippen LogP contribution >= 0.6 is 30.4 Å². The minimum Gasteiger partial charge on any atom is -0.381 e. The summed E-state index contributed by atoms with van der Waals surface area (Å²) < 4.78 is 10.6. The number of hydrogen-bond acceptors (Lipinski definition) is 6. The van der Waals surface area contributed by atoms with Crippen LogP contribution < -0.4 is 5.73 Å². The van der Waals surface area contributed by atoms with Gasteiger partial charge < -0.3 is 10.5 Å². The zero-order valence-electron chi connectivity index (χ0n) is 9.07. The van der Waals surface area contributed by atoms with Gasteiger partial charge in [0.15, 0.2) is 11.4 Å². The molecule has 0 spiro atoms. The molecule has 1 fully saturated rings. The van der Waals surface area contributed by atoms with Crippen molar-refractivity contribution in [2.45, 2.75) is 12.5 Å². The lowest BCUT2D eigenvalue weighted by Crippen LogP contribution is -2.49. The van der Waals surface area contributed by atoms with Crippen molar-refractivity contribution in [1.82, 2.24) is 10.2 Å². The molecule has 0 aromatic carbocycles. The third-order valence-electron chi connectivity index (χ3n) is 2.23. The van der Waals surface area contributed by atoms with E-state index in [2.05, 4.69) is 43.2 Å². The summed E-state index contributed by atoms with van der Waals surface area (Å²) >= 11 is 2.06. The first-order valence-corrected chi connectivity index (χ1v) is 8.11. The molecule has 90 valence electrons. The first-order valence-electron chi connectivity index (χ1n) is 4.82. The van der Waals surface area contributed by atoms with Crippen LogP contribution in [-0.2, 0) is 8.92 Å². The Morgan fingerprint density at radius 3 is 2.94 bits per heavy atom. The molecule has 5 nitrogen and oxygen atoms in total. The van der Waals surface area contributed by atoms with Crippen LogP contribution in [0.15, 0.2) is 6.07 Å². The van der Waals surface area contributed by atoms with Crippen LogP contribution in [0.1, 0.15) is 11.3 Å². The molecule has 2 N–H and O–H groups in total. The summed E-state index contributed by atoms with van der Waals surface area (Å²) in [5, 5.41) is 7.67. The fraction of sp³-hybridized carbons (Fsp3) is 0.400. The molecule has 0 radical (unpaired) electrons. The van der Waals surface area contributed by atoms with Gasteiger partial charge in [0.05, 0.1) is 33.7 Å². The van der Waals surface area contributed by atoms with Gasteiger partial charge in [-0.15, -0.1) is 5.10 Å². The minimum atomic E-state index is -0.518. The van der Waals surface area contributed by atoms with Crippen molar-refractivity contribution in [2.24, 2.45) is 0 Å². The van der Waals surface area contributed by atoms with Crippen LogP contribution in [-0.4, -0.2) is 29.0 Å². The van der Waals surface area contributed by atoms with Crippen molar-refractivity contribution in [3.63, 3.8) is 0 Å². The number of rotatable bonds is 2. The maximum absolute atomic E-state index is 5.70. The molecule has 7 heteroatoms. The van der Waals surface area contributed by atoms with Crippen molar-refractivity contribution in [1.29, 1.82) is 0 Å². The number of aryl methyl sites for hydroxylation is 1. The maximum atomic E-state index is 5.70. The Labute approximate surface area is 116 Å². The molecule has 17 heavy (non-hydrogen) atoms. The lowest BCUT2D eigenvalue weighted by atomic mass is 10.0. The Kier molecular flexibility index (Phi) is 4.09. The van der Waals surface area contributed by atoms with Gasteiger partial charge in [-0.3, -0.25) is 4.18 Å². The first-order chi connectivity index (χ1) is 8.15. The molecule has 0 unspecified atom stereocenters. The highest BCUT2D eigenvalue weighted by Gasteiger charge is 2.39. The lowest BCUT2D eigenvalue weighted by molar-refractivity contribution is -0.116. The largest absolute Gasteiger partial charge is 0.381 e. The number of anilines is 1. The summed E-state index contributed by atoms with van der Waals surface area (Å²) in [6.07, 6.45) is 0. The van der Waals surface area contributed by atoms with Crippen molar-refractivity contribution in [3.05, 3.63) is 17.3 Å². The lowest BCUT2D eigenvalue weighted by Gasteiger charge is -2.34. The van der Waals surface area contributed by atoms with Crippen molar-refractivity contribution < 1.29 is 8.92 Å². The maximum Gasteiger partial charge on any atom is 0.190 e. The smallest absolute Gasteiger partial charge is 0.190 e.